The van der Waals surface area contributed by atoms with Gasteiger partial charge in [-0.05, 0) is 61.2 Å². The van der Waals surface area contributed by atoms with Crippen molar-refractivity contribution in [1.29, 1.82) is 5.26 Å². The fourth-order valence-corrected chi connectivity index (χ4v) is 4.95. The molecular formula is C27H28N4O3. The number of rotatable bonds is 5. The molecule has 7 nitrogen and oxygen atoms in total. The molecule has 1 aromatic carbocycles. The van der Waals surface area contributed by atoms with E-state index in [0.717, 1.165) is 70.9 Å². The Morgan fingerprint density at radius 3 is 2.76 bits per heavy atom. The molecule has 5 rings (SSSR count). The van der Waals surface area contributed by atoms with E-state index in [1.54, 1.807) is 0 Å². The minimum Gasteiger partial charge on any atom is -0.462 e. The standard InChI is InChI=1S/C27H28N4O3/c1-4-34-27(32)24-14-23-13-22(20-11-19-5-6-29-25(19)21(12-20)15-28)16-31(23)26(17(24)2)18(3)30-7-9-33-10-8-30/h11-14,16,29H,3-10H2,1-2H3. The molecule has 7 heteroatoms. The van der Waals surface area contributed by atoms with E-state index in [-0.39, 0.29) is 5.97 Å². The molecule has 0 amide bonds. The first-order valence-corrected chi connectivity index (χ1v) is 11.7. The lowest BCUT2D eigenvalue weighted by atomic mass is 10.00. The lowest BCUT2D eigenvalue weighted by Gasteiger charge is -2.31. The average molecular weight is 457 g/mol. The highest BCUT2D eigenvalue weighted by Gasteiger charge is 2.24. The monoisotopic (exact) mass is 456 g/mol. The molecule has 0 atom stereocenters. The van der Waals surface area contributed by atoms with Crippen molar-refractivity contribution >= 4 is 22.9 Å². The summed E-state index contributed by atoms with van der Waals surface area (Å²) in [6.45, 7) is 12.1. The van der Waals surface area contributed by atoms with Crippen LogP contribution in [0.3, 0.4) is 0 Å². The van der Waals surface area contributed by atoms with Crippen LogP contribution in [0.4, 0.5) is 5.69 Å². The molecule has 0 spiro atoms. The molecule has 174 valence electrons. The molecule has 1 saturated heterocycles. The Morgan fingerprint density at radius 1 is 1.24 bits per heavy atom. The number of carbonyl (C=O) groups excluding carboxylic acids is 1. The van der Waals surface area contributed by atoms with E-state index >= 15 is 0 Å². The highest BCUT2D eigenvalue weighted by atomic mass is 16.5. The molecule has 0 aliphatic carbocycles. The lowest BCUT2D eigenvalue weighted by molar-refractivity contribution is 0.0525. The molecule has 1 fully saturated rings. The number of pyridine rings is 1. The summed E-state index contributed by atoms with van der Waals surface area (Å²) in [5.74, 6) is -0.336. The first kappa shape index (κ1) is 22.1. The number of esters is 1. The average Bonchev–Trinajstić information content (AvgIpc) is 3.50. The molecule has 4 heterocycles. The minimum absolute atomic E-state index is 0.315. The summed E-state index contributed by atoms with van der Waals surface area (Å²) in [6.07, 6.45) is 2.97. The maximum Gasteiger partial charge on any atom is 0.338 e. The third-order valence-electron chi connectivity index (χ3n) is 6.67. The third kappa shape index (κ3) is 3.70. The van der Waals surface area contributed by atoms with E-state index in [4.69, 9.17) is 9.47 Å². The number of ether oxygens (including phenoxy) is 2. The Kier molecular flexibility index (Phi) is 5.76. The van der Waals surface area contributed by atoms with Crippen LogP contribution in [0.1, 0.15) is 39.7 Å². The van der Waals surface area contributed by atoms with Crippen molar-refractivity contribution in [2.75, 3.05) is 44.8 Å². The summed E-state index contributed by atoms with van der Waals surface area (Å²) in [4.78, 5) is 15.0. The minimum atomic E-state index is -0.336. The third-order valence-corrected chi connectivity index (χ3v) is 6.67. The molecule has 0 unspecified atom stereocenters. The number of benzene rings is 1. The zero-order valence-corrected chi connectivity index (χ0v) is 19.6. The topological polar surface area (TPSA) is 79.0 Å². The van der Waals surface area contributed by atoms with Crippen molar-refractivity contribution in [3.05, 3.63) is 65.0 Å². The zero-order valence-electron chi connectivity index (χ0n) is 19.6. The van der Waals surface area contributed by atoms with Gasteiger partial charge >= 0.3 is 5.97 Å². The number of hydrogen-bond donors (Lipinski definition) is 1. The fourth-order valence-electron chi connectivity index (χ4n) is 4.95. The van der Waals surface area contributed by atoms with Crippen LogP contribution in [0.15, 0.2) is 37.0 Å². The largest absolute Gasteiger partial charge is 0.462 e. The second-order valence-electron chi connectivity index (χ2n) is 8.67. The van der Waals surface area contributed by atoms with E-state index in [9.17, 15) is 10.1 Å². The second kappa shape index (κ2) is 8.88. The van der Waals surface area contributed by atoms with Gasteiger partial charge in [0.2, 0.25) is 0 Å². The summed E-state index contributed by atoms with van der Waals surface area (Å²) in [6, 6.07) is 10.4. The van der Waals surface area contributed by atoms with Crippen molar-refractivity contribution in [2.45, 2.75) is 20.3 Å². The Hall–Kier alpha value is -3.76. The maximum atomic E-state index is 12.8. The first-order chi connectivity index (χ1) is 16.5. The van der Waals surface area contributed by atoms with Crippen LogP contribution in [-0.4, -0.2) is 54.7 Å². The van der Waals surface area contributed by atoms with Gasteiger partial charge in [0, 0.05) is 36.9 Å². The summed E-state index contributed by atoms with van der Waals surface area (Å²) < 4.78 is 13.0. The van der Waals surface area contributed by atoms with Gasteiger partial charge in [-0.3, -0.25) is 0 Å². The number of aromatic nitrogens is 1. The lowest BCUT2D eigenvalue weighted by Crippen LogP contribution is -2.35. The molecular weight excluding hydrogens is 428 g/mol. The van der Waals surface area contributed by atoms with Crippen LogP contribution in [0.5, 0.6) is 0 Å². The molecule has 0 saturated carbocycles. The highest BCUT2D eigenvalue weighted by Crippen LogP contribution is 2.35. The summed E-state index contributed by atoms with van der Waals surface area (Å²) in [5.41, 5.74) is 8.73. The van der Waals surface area contributed by atoms with Crippen LogP contribution in [0, 0.1) is 18.3 Å². The van der Waals surface area contributed by atoms with Gasteiger partial charge in [0.15, 0.2) is 0 Å². The molecule has 2 aliphatic heterocycles. The van der Waals surface area contributed by atoms with E-state index in [1.807, 2.05) is 26.0 Å². The number of nitrogens with zero attached hydrogens (tertiary/aromatic N) is 3. The van der Waals surface area contributed by atoms with Gasteiger partial charge in [0.1, 0.15) is 6.07 Å². The number of fused-ring (bicyclic) bond motifs is 2. The number of carbonyl (C=O) groups is 1. The molecule has 1 N–H and O–H groups in total. The van der Waals surface area contributed by atoms with Crippen molar-refractivity contribution in [1.82, 2.24) is 9.30 Å². The van der Waals surface area contributed by atoms with Gasteiger partial charge < -0.3 is 24.1 Å². The molecule has 34 heavy (non-hydrogen) atoms. The van der Waals surface area contributed by atoms with Crippen molar-refractivity contribution in [3.63, 3.8) is 0 Å². The van der Waals surface area contributed by atoms with E-state index < -0.39 is 0 Å². The van der Waals surface area contributed by atoms with Crippen LogP contribution in [0.25, 0.3) is 22.3 Å². The van der Waals surface area contributed by atoms with E-state index in [1.165, 1.54) is 0 Å². The van der Waals surface area contributed by atoms with Crippen LogP contribution < -0.4 is 5.32 Å². The Labute approximate surface area is 199 Å². The quantitative estimate of drug-likeness (QED) is 0.579. The number of anilines is 1. The molecule has 2 aliphatic rings. The smallest absolute Gasteiger partial charge is 0.338 e. The number of morpholine rings is 1. The Morgan fingerprint density at radius 2 is 2.03 bits per heavy atom. The summed E-state index contributed by atoms with van der Waals surface area (Å²) >= 11 is 0. The van der Waals surface area contributed by atoms with Gasteiger partial charge in [-0.1, -0.05) is 6.58 Å². The summed E-state index contributed by atoms with van der Waals surface area (Å²) in [7, 11) is 0. The predicted molar refractivity (Wildman–Crippen MR) is 132 cm³/mol. The molecule has 0 bridgehead atoms. The van der Waals surface area contributed by atoms with E-state index in [0.29, 0.717) is 30.9 Å². The Bertz CT molecular complexity index is 1340. The normalized spacial score (nSPS) is 15.0. The predicted octanol–water partition coefficient (Wildman–Crippen LogP) is 4.23. The van der Waals surface area contributed by atoms with Crippen LogP contribution in [0.2, 0.25) is 0 Å². The number of nitriles is 1. The van der Waals surface area contributed by atoms with Crippen molar-refractivity contribution in [3.8, 4) is 17.2 Å². The van der Waals surface area contributed by atoms with Crippen LogP contribution >= 0.6 is 0 Å². The van der Waals surface area contributed by atoms with Gasteiger partial charge in [-0.2, -0.15) is 5.26 Å². The van der Waals surface area contributed by atoms with Crippen molar-refractivity contribution < 1.29 is 14.3 Å². The van der Waals surface area contributed by atoms with Crippen molar-refractivity contribution in [2.24, 2.45) is 0 Å². The van der Waals surface area contributed by atoms with Gasteiger partial charge in [-0.25, -0.2) is 4.79 Å². The fraction of sp³-hybridized carbons (Fsp3) is 0.333. The first-order valence-electron chi connectivity index (χ1n) is 11.7. The SMILES string of the molecule is C=C(c1c(C)c(C(=O)OCC)cc2cc(-c3cc(C#N)c4c(c3)CCN4)cn12)N1CCOCC1. The summed E-state index contributed by atoms with van der Waals surface area (Å²) in [5, 5.41) is 13.0. The second-order valence-corrected chi connectivity index (χ2v) is 8.67. The number of hydrogen-bond acceptors (Lipinski definition) is 6. The van der Waals surface area contributed by atoms with Gasteiger partial charge in [-0.15, -0.1) is 0 Å². The maximum absolute atomic E-state index is 12.8. The highest BCUT2D eigenvalue weighted by molar-refractivity contribution is 5.94. The van der Waals surface area contributed by atoms with Gasteiger partial charge in [0.05, 0.1) is 48.0 Å². The molecule has 2 aromatic heterocycles. The van der Waals surface area contributed by atoms with Gasteiger partial charge in [0.25, 0.3) is 0 Å². The molecule has 3 aromatic rings. The number of nitrogens with one attached hydrogen (secondary N) is 1. The zero-order chi connectivity index (χ0) is 23.8. The Balaban J connectivity index is 1.68. The van der Waals surface area contributed by atoms with E-state index in [2.05, 4.69) is 45.6 Å². The van der Waals surface area contributed by atoms with Crippen LogP contribution in [-0.2, 0) is 15.9 Å². The molecule has 0 radical (unpaired) electrons.